The van der Waals surface area contributed by atoms with Gasteiger partial charge in [0, 0.05) is 13.0 Å². The summed E-state index contributed by atoms with van der Waals surface area (Å²) in [4.78, 5) is 14.1. The van der Waals surface area contributed by atoms with Gasteiger partial charge in [-0.05, 0) is 37.8 Å². The molecule has 3 rings (SSSR count). The number of amides is 1. The van der Waals surface area contributed by atoms with Crippen LogP contribution in [0.15, 0.2) is 12.1 Å². The number of thiazole rings is 1. The monoisotopic (exact) mass is 402 g/mol. The summed E-state index contributed by atoms with van der Waals surface area (Å²) < 4.78 is 52.6. The van der Waals surface area contributed by atoms with Gasteiger partial charge in [0.2, 0.25) is 6.41 Å². The molecule has 5 nitrogen and oxygen atoms in total. The van der Waals surface area contributed by atoms with Crippen LogP contribution in [0.25, 0.3) is 10.2 Å². The minimum atomic E-state index is -3.10. The van der Waals surface area contributed by atoms with Crippen molar-refractivity contribution in [1.82, 2.24) is 10.3 Å². The summed E-state index contributed by atoms with van der Waals surface area (Å²) in [6.45, 7) is 3.37. The molecule has 0 saturated heterocycles. The van der Waals surface area contributed by atoms with Crippen molar-refractivity contribution in [1.29, 1.82) is 0 Å². The molecular weight excluding hydrogens is 381 g/mol. The van der Waals surface area contributed by atoms with E-state index in [9.17, 15) is 18.0 Å². The lowest BCUT2D eigenvalue weighted by atomic mass is 9.83. The number of fused-ring (bicyclic) bond motifs is 1. The highest BCUT2D eigenvalue weighted by atomic mass is 32.1. The average molecular weight is 402 g/mol. The van der Waals surface area contributed by atoms with Crippen molar-refractivity contribution < 1.29 is 27.4 Å². The Labute approximate surface area is 158 Å². The van der Waals surface area contributed by atoms with E-state index in [-0.39, 0.29) is 34.0 Å². The molecule has 9 heteroatoms. The highest BCUT2D eigenvalue weighted by Crippen LogP contribution is 2.38. The van der Waals surface area contributed by atoms with Crippen LogP contribution in [0.5, 0.6) is 5.75 Å². The second-order valence-corrected chi connectivity index (χ2v) is 7.92. The molecular formula is C18H21F3N2O3S. The van der Waals surface area contributed by atoms with Crippen LogP contribution in [0.4, 0.5) is 13.2 Å². The second-order valence-electron chi connectivity index (χ2n) is 6.92. The Morgan fingerprint density at radius 3 is 2.85 bits per heavy atom. The number of halogens is 3. The van der Waals surface area contributed by atoms with Crippen molar-refractivity contribution in [2.75, 3.05) is 13.2 Å². The number of alkyl halides is 2. The molecule has 1 fully saturated rings. The van der Waals surface area contributed by atoms with E-state index in [1.165, 1.54) is 12.1 Å². The molecule has 2 aromatic rings. The third-order valence-electron chi connectivity index (χ3n) is 4.44. The van der Waals surface area contributed by atoms with E-state index in [0.717, 1.165) is 19.8 Å². The molecule has 148 valence electrons. The summed E-state index contributed by atoms with van der Waals surface area (Å²) in [6, 6.07) is 2.88. The molecule has 1 N–H and O–H groups in total. The first-order chi connectivity index (χ1) is 12.8. The maximum atomic E-state index is 14.5. The van der Waals surface area contributed by atoms with Gasteiger partial charge in [0.05, 0.1) is 29.5 Å². The zero-order chi connectivity index (χ0) is 19.6. The predicted octanol–water partition coefficient (Wildman–Crippen LogP) is 3.86. The molecule has 0 unspecified atom stereocenters. The zero-order valence-electron chi connectivity index (χ0n) is 15.0. The summed E-state index contributed by atoms with van der Waals surface area (Å²) in [6.07, 6.45) is 2.34. The second kappa shape index (κ2) is 8.02. The maximum absolute atomic E-state index is 14.5. The van der Waals surface area contributed by atoms with Gasteiger partial charge in [0.1, 0.15) is 0 Å². The molecule has 1 saturated carbocycles. The smallest absolute Gasteiger partial charge is 0.296 e. The zero-order valence-corrected chi connectivity index (χ0v) is 15.8. The van der Waals surface area contributed by atoms with Gasteiger partial charge in [-0.3, -0.25) is 4.79 Å². The Bertz CT molecular complexity index is 803. The van der Waals surface area contributed by atoms with Crippen LogP contribution in [-0.2, 0) is 15.5 Å². The van der Waals surface area contributed by atoms with Crippen molar-refractivity contribution in [3.05, 3.63) is 23.0 Å². The minimum Gasteiger partial charge on any atom is -0.490 e. The van der Waals surface area contributed by atoms with Crippen molar-refractivity contribution >= 4 is 28.0 Å². The molecule has 1 heterocycles. The molecule has 1 aromatic heterocycles. The summed E-state index contributed by atoms with van der Waals surface area (Å²) in [5.74, 6) is -3.46. The van der Waals surface area contributed by atoms with Gasteiger partial charge in [-0.1, -0.05) is 0 Å². The lowest BCUT2D eigenvalue weighted by Crippen LogP contribution is -2.38. The summed E-state index contributed by atoms with van der Waals surface area (Å²) in [7, 11) is 0. The van der Waals surface area contributed by atoms with E-state index < -0.39 is 16.7 Å². The summed E-state index contributed by atoms with van der Waals surface area (Å²) >= 11 is 0.646. The molecule has 0 spiro atoms. The molecule has 1 aromatic carbocycles. The molecule has 0 bridgehead atoms. The highest BCUT2D eigenvalue weighted by molar-refractivity contribution is 7.18. The molecule has 0 radical (unpaired) electrons. The Morgan fingerprint density at radius 1 is 1.44 bits per heavy atom. The van der Waals surface area contributed by atoms with E-state index >= 15 is 0 Å². The summed E-state index contributed by atoms with van der Waals surface area (Å²) in [5.41, 5.74) is 0.205. The fourth-order valence-electron chi connectivity index (χ4n) is 2.84. The predicted molar refractivity (Wildman–Crippen MR) is 95.8 cm³/mol. The number of aromatic nitrogens is 1. The number of hydrogen-bond acceptors (Lipinski definition) is 5. The van der Waals surface area contributed by atoms with Crippen LogP contribution in [-0.4, -0.2) is 36.8 Å². The number of nitrogens with one attached hydrogen (secondary N) is 1. The molecule has 1 amide bonds. The number of nitrogens with zero attached hydrogens (tertiary/aromatic N) is 1. The van der Waals surface area contributed by atoms with Crippen LogP contribution in [0.2, 0.25) is 0 Å². The van der Waals surface area contributed by atoms with Gasteiger partial charge in [0.15, 0.2) is 16.6 Å². The van der Waals surface area contributed by atoms with E-state index in [0.29, 0.717) is 31.0 Å². The fourth-order valence-corrected chi connectivity index (χ4v) is 3.77. The lowest BCUT2D eigenvalue weighted by molar-refractivity contribution is -0.111. The van der Waals surface area contributed by atoms with Gasteiger partial charge in [0.25, 0.3) is 5.92 Å². The molecule has 1 aliphatic rings. The number of rotatable bonds is 9. The fraction of sp³-hybridized carbons (Fsp3) is 0.556. The van der Waals surface area contributed by atoms with Crippen LogP contribution in [0.3, 0.4) is 0 Å². The maximum Gasteiger partial charge on any atom is 0.296 e. The van der Waals surface area contributed by atoms with E-state index in [1.807, 2.05) is 6.92 Å². The SMILES string of the molecule is C[C@@H](CO[C@H]1C[C@H](COc2ccc3nc(C(C)(F)F)sc3c2F)C1)NC=O. The van der Waals surface area contributed by atoms with E-state index in [2.05, 4.69) is 10.3 Å². The van der Waals surface area contributed by atoms with Crippen LogP contribution >= 0.6 is 11.3 Å². The van der Waals surface area contributed by atoms with Crippen LogP contribution in [0.1, 0.15) is 31.7 Å². The molecule has 1 aliphatic carbocycles. The topological polar surface area (TPSA) is 60.5 Å². The van der Waals surface area contributed by atoms with Crippen molar-refractivity contribution in [3.63, 3.8) is 0 Å². The highest BCUT2D eigenvalue weighted by Gasteiger charge is 2.32. The van der Waals surface area contributed by atoms with Gasteiger partial charge in [-0.15, -0.1) is 11.3 Å². The van der Waals surface area contributed by atoms with Crippen molar-refractivity contribution in [3.8, 4) is 5.75 Å². The van der Waals surface area contributed by atoms with Gasteiger partial charge in [-0.2, -0.15) is 8.78 Å². The third kappa shape index (κ3) is 4.70. The number of carbonyl (C=O) groups excluding carboxylic acids is 1. The number of carbonyl (C=O) groups is 1. The minimum absolute atomic E-state index is 0.0431. The Morgan fingerprint density at radius 2 is 2.19 bits per heavy atom. The van der Waals surface area contributed by atoms with Crippen molar-refractivity contribution in [2.45, 2.75) is 44.8 Å². The third-order valence-corrected chi connectivity index (χ3v) is 5.67. The molecule has 27 heavy (non-hydrogen) atoms. The van der Waals surface area contributed by atoms with Crippen molar-refractivity contribution in [2.24, 2.45) is 5.92 Å². The molecule has 0 aliphatic heterocycles. The Kier molecular flexibility index (Phi) is 5.90. The average Bonchev–Trinajstić information content (AvgIpc) is 3.00. The van der Waals surface area contributed by atoms with Gasteiger partial charge in [-0.25, -0.2) is 9.37 Å². The largest absolute Gasteiger partial charge is 0.490 e. The Hall–Kier alpha value is -1.87. The first-order valence-electron chi connectivity index (χ1n) is 8.69. The van der Waals surface area contributed by atoms with Gasteiger partial charge < -0.3 is 14.8 Å². The molecule has 1 atom stereocenters. The first kappa shape index (κ1) is 19.9. The quantitative estimate of drug-likeness (QED) is 0.647. The van der Waals surface area contributed by atoms with E-state index in [4.69, 9.17) is 9.47 Å². The van der Waals surface area contributed by atoms with Crippen LogP contribution in [0, 0.1) is 11.7 Å². The van der Waals surface area contributed by atoms with Gasteiger partial charge >= 0.3 is 0 Å². The lowest BCUT2D eigenvalue weighted by Gasteiger charge is -2.35. The van der Waals surface area contributed by atoms with Crippen LogP contribution < -0.4 is 10.1 Å². The standard InChI is InChI=1S/C18H21F3N2O3S/c1-10(22-9-24)7-25-12-5-11(6-12)8-26-14-4-3-13-16(15(14)19)27-17(23-13)18(2,20)21/h3-4,9-12H,5-8H2,1-2H3,(H,22,24)/t10-,11-,12-/m0/s1. The number of hydrogen-bond donors (Lipinski definition) is 1. The normalized spacial score (nSPS) is 20.9. The first-order valence-corrected chi connectivity index (χ1v) is 9.51. The Balaban J connectivity index is 1.51. The number of ether oxygens (including phenoxy) is 2. The van der Waals surface area contributed by atoms with E-state index in [1.54, 1.807) is 0 Å². The number of benzene rings is 1. The summed E-state index contributed by atoms with van der Waals surface area (Å²) in [5, 5.41) is 2.20.